The van der Waals surface area contributed by atoms with E-state index in [-0.39, 0.29) is 6.10 Å². The SMILES string of the molecule is Nc1nccc(N[C@H]2C[C@H]3CO[C@@H](c4ccc(Cl)cc4)CN3C2)n1. The fourth-order valence-electron chi connectivity index (χ4n) is 3.52. The topological polar surface area (TPSA) is 76.3 Å². The van der Waals surface area contributed by atoms with Crippen LogP contribution in [0.3, 0.4) is 0 Å². The van der Waals surface area contributed by atoms with Gasteiger partial charge < -0.3 is 15.8 Å². The summed E-state index contributed by atoms with van der Waals surface area (Å²) in [5, 5.41) is 4.21. The minimum Gasteiger partial charge on any atom is -0.371 e. The second-order valence-corrected chi connectivity index (χ2v) is 6.79. The number of aromatic nitrogens is 2. The van der Waals surface area contributed by atoms with E-state index in [4.69, 9.17) is 22.1 Å². The monoisotopic (exact) mass is 345 g/mol. The summed E-state index contributed by atoms with van der Waals surface area (Å²) in [6, 6.07) is 10.6. The highest BCUT2D eigenvalue weighted by Crippen LogP contribution is 2.31. The van der Waals surface area contributed by atoms with Crippen molar-refractivity contribution in [2.24, 2.45) is 0 Å². The summed E-state index contributed by atoms with van der Waals surface area (Å²) in [5.41, 5.74) is 6.82. The van der Waals surface area contributed by atoms with Gasteiger partial charge in [-0.15, -0.1) is 0 Å². The highest BCUT2D eigenvalue weighted by atomic mass is 35.5. The van der Waals surface area contributed by atoms with E-state index in [1.165, 1.54) is 5.56 Å². The van der Waals surface area contributed by atoms with Gasteiger partial charge in [0.25, 0.3) is 0 Å². The summed E-state index contributed by atoms with van der Waals surface area (Å²) in [4.78, 5) is 10.6. The van der Waals surface area contributed by atoms with Crippen molar-refractivity contribution in [2.75, 3.05) is 30.7 Å². The van der Waals surface area contributed by atoms with Gasteiger partial charge in [0.15, 0.2) is 0 Å². The van der Waals surface area contributed by atoms with E-state index in [0.717, 1.165) is 37.0 Å². The number of halogens is 1. The Hall–Kier alpha value is -1.89. The first kappa shape index (κ1) is 15.6. The molecular weight excluding hydrogens is 326 g/mol. The van der Waals surface area contributed by atoms with E-state index in [2.05, 4.69) is 20.2 Å². The summed E-state index contributed by atoms with van der Waals surface area (Å²) >= 11 is 5.97. The molecule has 0 amide bonds. The smallest absolute Gasteiger partial charge is 0.221 e. The lowest BCUT2D eigenvalue weighted by Crippen LogP contribution is -2.42. The van der Waals surface area contributed by atoms with Crippen molar-refractivity contribution >= 4 is 23.4 Å². The zero-order chi connectivity index (χ0) is 16.5. The maximum atomic E-state index is 6.08. The zero-order valence-electron chi connectivity index (χ0n) is 13.2. The van der Waals surface area contributed by atoms with E-state index < -0.39 is 0 Å². The molecule has 0 spiro atoms. The molecule has 6 nitrogen and oxygen atoms in total. The minimum atomic E-state index is 0.104. The molecule has 2 aromatic rings. The molecule has 4 rings (SSSR count). The van der Waals surface area contributed by atoms with Gasteiger partial charge in [0.05, 0.1) is 12.7 Å². The standard InChI is InChI=1S/C17H20ClN5O/c18-12-3-1-11(2-4-12)15-9-23-8-13(7-14(23)10-24-15)21-16-5-6-20-17(19)22-16/h1-6,13-15H,7-10H2,(H3,19,20,21,22)/t13-,14-,15+/m0/s1. The Morgan fingerprint density at radius 1 is 1.21 bits per heavy atom. The molecule has 126 valence electrons. The first-order chi connectivity index (χ1) is 11.7. The molecule has 1 aromatic heterocycles. The summed E-state index contributed by atoms with van der Waals surface area (Å²) < 4.78 is 6.08. The van der Waals surface area contributed by atoms with E-state index in [1.807, 2.05) is 30.3 Å². The first-order valence-electron chi connectivity index (χ1n) is 8.13. The van der Waals surface area contributed by atoms with Gasteiger partial charge in [0.1, 0.15) is 5.82 Å². The number of morpholine rings is 1. The molecule has 3 atom stereocenters. The highest BCUT2D eigenvalue weighted by Gasteiger charge is 2.37. The van der Waals surface area contributed by atoms with Gasteiger partial charge in [-0.25, -0.2) is 4.98 Å². The van der Waals surface area contributed by atoms with Crippen LogP contribution in [0.2, 0.25) is 5.02 Å². The molecular formula is C17H20ClN5O. The quantitative estimate of drug-likeness (QED) is 0.889. The van der Waals surface area contributed by atoms with Crippen LogP contribution in [-0.4, -0.2) is 46.6 Å². The Bertz CT molecular complexity index is 710. The molecule has 1 aromatic carbocycles. The van der Waals surface area contributed by atoms with E-state index in [1.54, 1.807) is 6.20 Å². The minimum absolute atomic E-state index is 0.104. The van der Waals surface area contributed by atoms with Crippen LogP contribution in [0.15, 0.2) is 36.5 Å². The summed E-state index contributed by atoms with van der Waals surface area (Å²) in [5.74, 6) is 1.07. The van der Waals surface area contributed by atoms with Crippen molar-refractivity contribution in [3.8, 4) is 0 Å². The molecule has 0 saturated carbocycles. The molecule has 0 unspecified atom stereocenters. The van der Waals surface area contributed by atoms with Crippen LogP contribution in [0.4, 0.5) is 11.8 Å². The number of nitrogens with two attached hydrogens (primary N) is 1. The van der Waals surface area contributed by atoms with Gasteiger partial charge in [-0.1, -0.05) is 23.7 Å². The number of nitrogens with one attached hydrogen (secondary N) is 1. The van der Waals surface area contributed by atoms with Crippen molar-refractivity contribution in [2.45, 2.75) is 24.6 Å². The van der Waals surface area contributed by atoms with Gasteiger partial charge >= 0.3 is 0 Å². The number of nitrogens with zero attached hydrogens (tertiary/aromatic N) is 3. The Kier molecular flexibility index (Phi) is 4.26. The van der Waals surface area contributed by atoms with Crippen molar-refractivity contribution < 1.29 is 4.74 Å². The molecule has 3 heterocycles. The number of benzene rings is 1. The average Bonchev–Trinajstić information content (AvgIpc) is 2.97. The number of rotatable bonds is 3. The van der Waals surface area contributed by atoms with E-state index in [9.17, 15) is 0 Å². The molecule has 24 heavy (non-hydrogen) atoms. The molecule has 3 N–H and O–H groups in total. The average molecular weight is 346 g/mol. The molecule has 0 aliphatic carbocycles. The fraction of sp³-hybridized carbons (Fsp3) is 0.412. The Morgan fingerprint density at radius 2 is 2.04 bits per heavy atom. The van der Waals surface area contributed by atoms with E-state index >= 15 is 0 Å². The van der Waals surface area contributed by atoms with Crippen molar-refractivity contribution in [1.82, 2.24) is 14.9 Å². The lowest BCUT2D eigenvalue weighted by Gasteiger charge is -2.35. The third kappa shape index (κ3) is 3.31. The van der Waals surface area contributed by atoms with Crippen LogP contribution in [-0.2, 0) is 4.74 Å². The Labute approximate surface area is 146 Å². The zero-order valence-corrected chi connectivity index (χ0v) is 14.0. The first-order valence-corrected chi connectivity index (χ1v) is 8.51. The van der Waals surface area contributed by atoms with Crippen LogP contribution in [0.1, 0.15) is 18.1 Å². The van der Waals surface area contributed by atoms with Gasteiger partial charge in [0, 0.05) is 36.4 Å². The number of anilines is 2. The molecule has 2 aliphatic heterocycles. The van der Waals surface area contributed by atoms with Crippen LogP contribution < -0.4 is 11.1 Å². The van der Waals surface area contributed by atoms with Crippen LogP contribution in [0.5, 0.6) is 0 Å². The summed E-state index contributed by atoms with van der Waals surface area (Å²) in [7, 11) is 0. The van der Waals surface area contributed by atoms with Gasteiger partial charge in [-0.05, 0) is 30.2 Å². The molecule has 2 fully saturated rings. The lowest BCUT2D eigenvalue weighted by molar-refractivity contribution is -0.0501. The van der Waals surface area contributed by atoms with Gasteiger partial charge in [-0.3, -0.25) is 4.90 Å². The lowest BCUT2D eigenvalue weighted by atomic mass is 10.1. The van der Waals surface area contributed by atoms with Crippen LogP contribution >= 0.6 is 11.6 Å². The second kappa shape index (κ2) is 6.55. The van der Waals surface area contributed by atoms with Crippen molar-refractivity contribution in [3.63, 3.8) is 0 Å². The number of nitrogen functional groups attached to an aromatic ring is 1. The predicted octanol–water partition coefficient (Wildman–Crippen LogP) is 2.34. The third-order valence-corrected chi connectivity index (χ3v) is 4.94. The maximum Gasteiger partial charge on any atom is 0.221 e. The highest BCUT2D eigenvalue weighted by molar-refractivity contribution is 6.30. The largest absolute Gasteiger partial charge is 0.371 e. The number of ether oxygens (including phenoxy) is 1. The molecule has 0 bridgehead atoms. The van der Waals surface area contributed by atoms with Gasteiger partial charge in [0.2, 0.25) is 5.95 Å². The third-order valence-electron chi connectivity index (χ3n) is 4.69. The van der Waals surface area contributed by atoms with Crippen LogP contribution in [0.25, 0.3) is 0 Å². The van der Waals surface area contributed by atoms with Crippen LogP contribution in [0, 0.1) is 0 Å². The predicted molar refractivity (Wildman–Crippen MR) is 94.0 cm³/mol. The van der Waals surface area contributed by atoms with E-state index in [0.29, 0.717) is 18.0 Å². The molecule has 2 saturated heterocycles. The Morgan fingerprint density at radius 3 is 2.83 bits per heavy atom. The fourth-order valence-corrected chi connectivity index (χ4v) is 3.65. The molecule has 0 radical (unpaired) electrons. The maximum absolute atomic E-state index is 6.08. The number of hydrogen-bond acceptors (Lipinski definition) is 6. The normalized spacial score (nSPS) is 27.0. The Balaban J connectivity index is 1.39. The van der Waals surface area contributed by atoms with Gasteiger partial charge in [-0.2, -0.15) is 4.98 Å². The molecule has 2 aliphatic rings. The second-order valence-electron chi connectivity index (χ2n) is 6.36. The number of hydrogen-bond donors (Lipinski definition) is 2. The summed E-state index contributed by atoms with van der Waals surface area (Å²) in [6.45, 7) is 2.62. The van der Waals surface area contributed by atoms with Crippen molar-refractivity contribution in [3.05, 3.63) is 47.1 Å². The number of fused-ring (bicyclic) bond motifs is 1. The van der Waals surface area contributed by atoms with Crippen molar-refractivity contribution in [1.29, 1.82) is 0 Å². The summed E-state index contributed by atoms with van der Waals surface area (Å²) in [6.07, 6.45) is 2.82. The molecule has 7 heteroatoms.